The summed E-state index contributed by atoms with van der Waals surface area (Å²) >= 11 is 0. The summed E-state index contributed by atoms with van der Waals surface area (Å²) in [5, 5.41) is 12.5. The van der Waals surface area contributed by atoms with Crippen molar-refractivity contribution in [1.82, 2.24) is 29.7 Å². The van der Waals surface area contributed by atoms with E-state index in [0.29, 0.717) is 11.7 Å². The first-order valence-electron chi connectivity index (χ1n) is 11.4. The second-order valence-corrected chi connectivity index (χ2v) is 8.84. The Kier molecular flexibility index (Phi) is 4.84. The normalized spacial score (nSPS) is 16.4. The van der Waals surface area contributed by atoms with Crippen molar-refractivity contribution in [3.05, 3.63) is 42.5 Å². The first-order chi connectivity index (χ1) is 16.6. The van der Waals surface area contributed by atoms with Crippen LogP contribution in [0.2, 0.25) is 0 Å². The maximum atomic E-state index is 5.79. The Labute approximate surface area is 197 Å². The molecule has 0 aliphatic carbocycles. The Morgan fingerprint density at radius 3 is 2.79 bits per heavy atom. The molecule has 0 radical (unpaired) electrons. The number of aryl methyl sites for hydroxylation is 2. The molecule has 0 amide bonds. The number of nitrogens with one attached hydrogen (secondary N) is 1. The van der Waals surface area contributed by atoms with Crippen LogP contribution in [0.25, 0.3) is 22.3 Å². The summed E-state index contributed by atoms with van der Waals surface area (Å²) in [7, 11) is 1.64. The van der Waals surface area contributed by atoms with E-state index in [4.69, 9.17) is 19.4 Å². The fourth-order valence-corrected chi connectivity index (χ4v) is 4.64. The highest BCUT2D eigenvalue weighted by atomic mass is 16.5. The third-order valence-electron chi connectivity index (χ3n) is 6.56. The Morgan fingerprint density at radius 1 is 1.21 bits per heavy atom. The zero-order chi connectivity index (χ0) is 23.3. The SMILES string of the molecule is CCn1cnnc1-c1ccc(Nc2ncc3cc(C)nc(N4CC5(CCO5)C4)c3n2)c(OC)c1. The van der Waals surface area contributed by atoms with Gasteiger partial charge in [0.25, 0.3) is 0 Å². The van der Waals surface area contributed by atoms with Gasteiger partial charge in [-0.05, 0) is 38.1 Å². The van der Waals surface area contributed by atoms with Gasteiger partial charge in [0, 0.05) is 35.8 Å². The van der Waals surface area contributed by atoms with Gasteiger partial charge in [0.1, 0.15) is 23.2 Å². The van der Waals surface area contributed by atoms with Crippen LogP contribution in [0.1, 0.15) is 19.0 Å². The number of anilines is 3. The van der Waals surface area contributed by atoms with Crippen molar-refractivity contribution in [2.45, 2.75) is 32.4 Å². The van der Waals surface area contributed by atoms with Crippen LogP contribution >= 0.6 is 0 Å². The van der Waals surface area contributed by atoms with Gasteiger partial charge in [-0.25, -0.2) is 15.0 Å². The molecule has 174 valence electrons. The standard InChI is InChI=1S/C24H26N8O2/c1-4-31-14-26-30-21(31)16-5-6-18(19(10-16)33-3)28-23-25-11-17-9-15(2)27-22(20(17)29-23)32-12-24(13-32)7-8-34-24/h5-6,9-11,14H,4,7-8,12-13H2,1-3H3,(H,25,28,29). The van der Waals surface area contributed by atoms with Gasteiger partial charge in [-0.2, -0.15) is 0 Å². The molecule has 2 saturated heterocycles. The summed E-state index contributed by atoms with van der Waals surface area (Å²) in [6.07, 6.45) is 4.67. The highest BCUT2D eigenvalue weighted by Crippen LogP contribution is 2.40. The van der Waals surface area contributed by atoms with Crippen molar-refractivity contribution >= 4 is 28.4 Å². The topological polar surface area (TPSA) is 103 Å². The first kappa shape index (κ1) is 20.8. The van der Waals surface area contributed by atoms with E-state index in [1.54, 1.807) is 13.4 Å². The van der Waals surface area contributed by atoms with Crippen LogP contribution in [0.5, 0.6) is 5.75 Å². The summed E-state index contributed by atoms with van der Waals surface area (Å²) in [5.41, 5.74) is 3.47. The van der Waals surface area contributed by atoms with Crippen molar-refractivity contribution in [2.24, 2.45) is 0 Å². The number of methoxy groups -OCH3 is 1. The van der Waals surface area contributed by atoms with E-state index in [1.807, 2.05) is 42.0 Å². The molecule has 2 aliphatic heterocycles. The lowest BCUT2D eigenvalue weighted by Gasteiger charge is -2.55. The van der Waals surface area contributed by atoms with Gasteiger partial charge < -0.3 is 24.3 Å². The number of pyridine rings is 1. The van der Waals surface area contributed by atoms with Crippen LogP contribution < -0.4 is 15.0 Å². The van der Waals surface area contributed by atoms with Crippen LogP contribution in [-0.2, 0) is 11.3 Å². The average molecular weight is 459 g/mol. The van der Waals surface area contributed by atoms with Gasteiger partial charge in [-0.1, -0.05) is 0 Å². The predicted molar refractivity (Wildman–Crippen MR) is 129 cm³/mol. The van der Waals surface area contributed by atoms with Gasteiger partial charge in [-0.3, -0.25) is 0 Å². The lowest BCUT2D eigenvalue weighted by Crippen LogP contribution is -2.68. The minimum atomic E-state index is 0.0168. The highest BCUT2D eigenvalue weighted by molar-refractivity contribution is 5.90. The van der Waals surface area contributed by atoms with Crippen molar-refractivity contribution in [1.29, 1.82) is 0 Å². The van der Waals surface area contributed by atoms with Crippen LogP contribution in [0.15, 0.2) is 36.8 Å². The first-order valence-corrected chi connectivity index (χ1v) is 11.4. The molecular weight excluding hydrogens is 432 g/mol. The van der Waals surface area contributed by atoms with E-state index < -0.39 is 0 Å². The van der Waals surface area contributed by atoms with Crippen molar-refractivity contribution in [3.8, 4) is 17.1 Å². The number of rotatable bonds is 6. The van der Waals surface area contributed by atoms with E-state index in [2.05, 4.69) is 32.3 Å². The van der Waals surface area contributed by atoms with Crippen molar-refractivity contribution in [3.63, 3.8) is 0 Å². The number of nitrogens with zero attached hydrogens (tertiary/aromatic N) is 7. The Balaban J connectivity index is 1.32. The molecule has 0 unspecified atom stereocenters. The molecule has 6 rings (SSSR count). The van der Waals surface area contributed by atoms with Crippen LogP contribution in [0, 0.1) is 6.92 Å². The molecular formula is C24H26N8O2. The fraction of sp³-hybridized carbons (Fsp3) is 0.375. The molecule has 10 heteroatoms. The highest BCUT2D eigenvalue weighted by Gasteiger charge is 2.50. The molecule has 34 heavy (non-hydrogen) atoms. The third-order valence-corrected chi connectivity index (χ3v) is 6.56. The average Bonchev–Trinajstić information content (AvgIpc) is 3.26. The lowest BCUT2D eigenvalue weighted by atomic mass is 9.86. The van der Waals surface area contributed by atoms with Crippen molar-refractivity contribution in [2.75, 3.05) is 37.0 Å². The minimum Gasteiger partial charge on any atom is -0.495 e. The molecule has 0 atom stereocenters. The van der Waals surface area contributed by atoms with Gasteiger partial charge in [0.15, 0.2) is 11.6 Å². The smallest absolute Gasteiger partial charge is 0.227 e. The van der Waals surface area contributed by atoms with E-state index in [9.17, 15) is 0 Å². The quantitative estimate of drug-likeness (QED) is 0.466. The molecule has 2 aliphatic rings. The largest absolute Gasteiger partial charge is 0.495 e. The van der Waals surface area contributed by atoms with E-state index in [1.165, 1.54) is 0 Å². The van der Waals surface area contributed by atoms with Gasteiger partial charge >= 0.3 is 0 Å². The number of hydrogen-bond acceptors (Lipinski definition) is 9. The molecule has 3 aromatic heterocycles. The molecule has 4 aromatic rings. The molecule has 1 N–H and O–H groups in total. The predicted octanol–water partition coefficient (Wildman–Crippen LogP) is 3.34. The zero-order valence-electron chi connectivity index (χ0n) is 19.4. The van der Waals surface area contributed by atoms with Gasteiger partial charge in [-0.15, -0.1) is 10.2 Å². The molecule has 0 saturated carbocycles. The van der Waals surface area contributed by atoms with E-state index in [0.717, 1.165) is 72.2 Å². The maximum absolute atomic E-state index is 5.79. The summed E-state index contributed by atoms with van der Waals surface area (Å²) in [6.45, 7) is 7.39. The minimum absolute atomic E-state index is 0.0168. The maximum Gasteiger partial charge on any atom is 0.227 e. The molecule has 0 bridgehead atoms. The Morgan fingerprint density at radius 2 is 2.06 bits per heavy atom. The monoisotopic (exact) mass is 458 g/mol. The number of fused-ring (bicyclic) bond motifs is 1. The summed E-state index contributed by atoms with van der Waals surface area (Å²) in [6, 6.07) is 7.87. The van der Waals surface area contributed by atoms with Crippen LogP contribution in [-0.4, -0.2) is 62.1 Å². The lowest BCUT2D eigenvalue weighted by molar-refractivity contribution is -0.161. The molecule has 1 spiro atoms. The number of ether oxygens (including phenoxy) is 2. The second kappa shape index (κ2) is 7.91. The zero-order valence-corrected chi connectivity index (χ0v) is 19.4. The van der Waals surface area contributed by atoms with Crippen LogP contribution in [0.4, 0.5) is 17.5 Å². The summed E-state index contributed by atoms with van der Waals surface area (Å²) in [4.78, 5) is 16.4. The van der Waals surface area contributed by atoms with E-state index >= 15 is 0 Å². The fourth-order valence-electron chi connectivity index (χ4n) is 4.64. The summed E-state index contributed by atoms with van der Waals surface area (Å²) < 4.78 is 13.4. The molecule has 2 fully saturated rings. The van der Waals surface area contributed by atoms with Crippen LogP contribution in [0.3, 0.4) is 0 Å². The Hall–Kier alpha value is -3.79. The molecule has 5 heterocycles. The van der Waals surface area contributed by atoms with Gasteiger partial charge in [0.05, 0.1) is 32.5 Å². The Bertz CT molecular complexity index is 1370. The molecule has 1 aromatic carbocycles. The second-order valence-electron chi connectivity index (χ2n) is 8.84. The number of aromatic nitrogens is 6. The molecule has 10 nitrogen and oxygen atoms in total. The van der Waals surface area contributed by atoms with Crippen molar-refractivity contribution < 1.29 is 9.47 Å². The van der Waals surface area contributed by atoms with E-state index in [-0.39, 0.29) is 5.60 Å². The third kappa shape index (κ3) is 3.41. The number of hydrogen-bond donors (Lipinski definition) is 1. The summed E-state index contributed by atoms with van der Waals surface area (Å²) in [5.74, 6) is 2.82. The number of benzene rings is 1. The van der Waals surface area contributed by atoms with Gasteiger partial charge in [0.2, 0.25) is 5.95 Å².